The molecule has 3 rings (SSSR count). The fraction of sp³-hybridized carbons (Fsp3) is 0.267. The summed E-state index contributed by atoms with van der Waals surface area (Å²) < 4.78 is 0. The first-order valence-corrected chi connectivity index (χ1v) is 7.37. The lowest BCUT2D eigenvalue weighted by Gasteiger charge is -2.16. The molecular weight excluding hydrogens is 256 g/mol. The quantitative estimate of drug-likeness (QED) is 0.924. The highest BCUT2D eigenvalue weighted by Crippen LogP contribution is 2.23. The van der Waals surface area contributed by atoms with Gasteiger partial charge in [0.25, 0.3) is 0 Å². The summed E-state index contributed by atoms with van der Waals surface area (Å²) in [6, 6.07) is 12.3. The molecule has 0 unspecified atom stereocenters. The van der Waals surface area contributed by atoms with Crippen molar-refractivity contribution in [2.45, 2.75) is 19.4 Å². The van der Waals surface area contributed by atoms with Crippen molar-refractivity contribution in [2.75, 3.05) is 16.8 Å². The number of thiophene rings is 1. The van der Waals surface area contributed by atoms with Gasteiger partial charge in [0.15, 0.2) is 0 Å². The van der Waals surface area contributed by atoms with E-state index in [4.69, 9.17) is 0 Å². The smallest absolute Gasteiger partial charge is 0.227 e. The van der Waals surface area contributed by atoms with Crippen molar-refractivity contribution in [1.29, 1.82) is 0 Å². The molecule has 0 spiro atoms. The maximum atomic E-state index is 11.7. The van der Waals surface area contributed by atoms with E-state index >= 15 is 0 Å². The summed E-state index contributed by atoms with van der Waals surface area (Å²) in [5.41, 5.74) is 2.09. The molecule has 0 atom stereocenters. The number of hydrogen-bond donors (Lipinski definition) is 1. The molecule has 0 aliphatic carbocycles. The van der Waals surface area contributed by atoms with E-state index in [1.807, 2.05) is 29.2 Å². The molecule has 1 aromatic heterocycles. The van der Waals surface area contributed by atoms with E-state index in [2.05, 4.69) is 22.8 Å². The molecule has 1 aliphatic rings. The summed E-state index contributed by atoms with van der Waals surface area (Å²) in [7, 11) is 0. The normalized spacial score (nSPS) is 14.9. The van der Waals surface area contributed by atoms with Gasteiger partial charge in [-0.25, -0.2) is 0 Å². The Morgan fingerprint density at radius 1 is 1.21 bits per heavy atom. The third kappa shape index (κ3) is 2.79. The average Bonchev–Trinajstić information content (AvgIpc) is 3.08. The minimum absolute atomic E-state index is 0.235. The van der Waals surface area contributed by atoms with Crippen LogP contribution in [0.25, 0.3) is 0 Å². The van der Waals surface area contributed by atoms with Gasteiger partial charge >= 0.3 is 0 Å². The summed E-state index contributed by atoms with van der Waals surface area (Å²) in [5.74, 6) is 0.235. The zero-order valence-corrected chi connectivity index (χ0v) is 11.5. The molecule has 0 saturated carbocycles. The molecule has 0 radical (unpaired) electrons. The summed E-state index contributed by atoms with van der Waals surface area (Å²) in [6.07, 6.45) is 1.65. The highest BCUT2D eigenvalue weighted by Gasteiger charge is 2.21. The number of carbonyl (C=O) groups is 1. The predicted octanol–water partition coefficient (Wildman–Crippen LogP) is 3.49. The lowest BCUT2D eigenvalue weighted by Crippen LogP contribution is -2.23. The Balaban J connectivity index is 1.64. The van der Waals surface area contributed by atoms with Crippen molar-refractivity contribution < 1.29 is 4.79 Å². The van der Waals surface area contributed by atoms with Gasteiger partial charge < -0.3 is 10.2 Å². The van der Waals surface area contributed by atoms with Crippen LogP contribution < -0.4 is 10.2 Å². The number of amides is 1. The zero-order valence-electron chi connectivity index (χ0n) is 10.6. The number of nitrogens with one attached hydrogen (secondary N) is 1. The van der Waals surface area contributed by atoms with E-state index in [1.54, 1.807) is 11.3 Å². The topological polar surface area (TPSA) is 32.3 Å². The fourth-order valence-electron chi connectivity index (χ4n) is 2.28. The molecule has 4 heteroatoms. The lowest BCUT2D eigenvalue weighted by atomic mass is 10.2. The van der Waals surface area contributed by atoms with E-state index in [9.17, 15) is 4.79 Å². The minimum Gasteiger partial charge on any atom is -0.380 e. The first-order chi connectivity index (χ1) is 9.33. The number of benzene rings is 1. The van der Waals surface area contributed by atoms with E-state index in [-0.39, 0.29) is 5.91 Å². The van der Waals surface area contributed by atoms with Crippen LogP contribution in [0.4, 0.5) is 11.4 Å². The molecule has 0 bridgehead atoms. The van der Waals surface area contributed by atoms with Crippen LogP contribution in [-0.4, -0.2) is 12.5 Å². The Morgan fingerprint density at radius 3 is 2.68 bits per heavy atom. The number of carbonyl (C=O) groups excluding carboxylic acids is 1. The predicted molar refractivity (Wildman–Crippen MR) is 79.7 cm³/mol. The van der Waals surface area contributed by atoms with Gasteiger partial charge in [-0.2, -0.15) is 0 Å². The third-order valence-electron chi connectivity index (χ3n) is 3.30. The van der Waals surface area contributed by atoms with Gasteiger partial charge in [-0.1, -0.05) is 6.07 Å². The van der Waals surface area contributed by atoms with Crippen LogP contribution in [0.1, 0.15) is 17.7 Å². The van der Waals surface area contributed by atoms with Gasteiger partial charge in [-0.15, -0.1) is 11.3 Å². The SMILES string of the molecule is O=C1CCCN1c1ccc(NCc2cccs2)cc1. The lowest BCUT2D eigenvalue weighted by molar-refractivity contribution is -0.117. The third-order valence-corrected chi connectivity index (χ3v) is 4.18. The Kier molecular flexibility index (Phi) is 3.51. The van der Waals surface area contributed by atoms with E-state index in [0.717, 1.165) is 30.9 Å². The molecule has 1 saturated heterocycles. The molecule has 19 heavy (non-hydrogen) atoms. The molecule has 98 valence electrons. The molecule has 1 aliphatic heterocycles. The van der Waals surface area contributed by atoms with Gasteiger partial charge in [0, 0.05) is 35.8 Å². The maximum Gasteiger partial charge on any atom is 0.227 e. The van der Waals surface area contributed by atoms with Crippen LogP contribution >= 0.6 is 11.3 Å². The zero-order chi connectivity index (χ0) is 13.1. The number of rotatable bonds is 4. The highest BCUT2D eigenvalue weighted by molar-refractivity contribution is 7.09. The van der Waals surface area contributed by atoms with Gasteiger partial charge in [-0.05, 0) is 42.1 Å². The standard InChI is InChI=1S/C15H16N2OS/c18-15-4-1-9-17(15)13-7-5-12(6-8-13)16-11-14-3-2-10-19-14/h2-3,5-8,10,16H,1,4,9,11H2. The van der Waals surface area contributed by atoms with Crippen LogP contribution in [0.2, 0.25) is 0 Å². The summed E-state index contributed by atoms with van der Waals surface area (Å²) >= 11 is 1.75. The summed E-state index contributed by atoms with van der Waals surface area (Å²) in [4.78, 5) is 14.8. The second kappa shape index (κ2) is 5.45. The summed E-state index contributed by atoms with van der Waals surface area (Å²) in [6.45, 7) is 1.69. The van der Waals surface area contributed by atoms with Crippen molar-refractivity contribution in [3.63, 3.8) is 0 Å². The molecule has 1 N–H and O–H groups in total. The molecular formula is C15H16N2OS. The second-order valence-electron chi connectivity index (χ2n) is 4.63. The van der Waals surface area contributed by atoms with Crippen molar-refractivity contribution in [3.8, 4) is 0 Å². The van der Waals surface area contributed by atoms with Crippen molar-refractivity contribution in [3.05, 3.63) is 46.7 Å². The molecule has 3 nitrogen and oxygen atoms in total. The van der Waals surface area contributed by atoms with Gasteiger partial charge in [0.05, 0.1) is 0 Å². The van der Waals surface area contributed by atoms with Crippen LogP contribution in [0.15, 0.2) is 41.8 Å². The first kappa shape index (κ1) is 12.2. The number of nitrogens with zero attached hydrogens (tertiary/aromatic N) is 1. The Labute approximate surface area is 116 Å². The van der Waals surface area contributed by atoms with Crippen LogP contribution in [0, 0.1) is 0 Å². The molecule has 2 aromatic rings. The van der Waals surface area contributed by atoms with Crippen molar-refractivity contribution >= 4 is 28.6 Å². The van der Waals surface area contributed by atoms with Gasteiger partial charge in [0.1, 0.15) is 0 Å². The van der Waals surface area contributed by atoms with E-state index < -0.39 is 0 Å². The molecule has 2 heterocycles. The van der Waals surface area contributed by atoms with Crippen LogP contribution in [-0.2, 0) is 11.3 Å². The average molecular weight is 272 g/mol. The maximum absolute atomic E-state index is 11.7. The molecule has 1 fully saturated rings. The van der Waals surface area contributed by atoms with Crippen LogP contribution in [0.5, 0.6) is 0 Å². The minimum atomic E-state index is 0.235. The van der Waals surface area contributed by atoms with Crippen molar-refractivity contribution in [2.24, 2.45) is 0 Å². The van der Waals surface area contributed by atoms with Gasteiger partial charge in [0.2, 0.25) is 5.91 Å². The Morgan fingerprint density at radius 2 is 2.05 bits per heavy atom. The Bertz CT molecular complexity index is 548. The summed E-state index contributed by atoms with van der Waals surface area (Å²) in [5, 5.41) is 5.47. The largest absolute Gasteiger partial charge is 0.380 e. The first-order valence-electron chi connectivity index (χ1n) is 6.49. The van der Waals surface area contributed by atoms with Crippen LogP contribution in [0.3, 0.4) is 0 Å². The monoisotopic (exact) mass is 272 g/mol. The molecule has 1 amide bonds. The Hall–Kier alpha value is -1.81. The van der Waals surface area contributed by atoms with Gasteiger partial charge in [-0.3, -0.25) is 4.79 Å². The van der Waals surface area contributed by atoms with Crippen molar-refractivity contribution in [1.82, 2.24) is 0 Å². The van der Waals surface area contributed by atoms with E-state index in [1.165, 1.54) is 4.88 Å². The second-order valence-corrected chi connectivity index (χ2v) is 5.66. The number of anilines is 2. The fourth-order valence-corrected chi connectivity index (χ4v) is 2.93. The molecule has 1 aromatic carbocycles. The van der Waals surface area contributed by atoms with E-state index in [0.29, 0.717) is 6.42 Å². The number of hydrogen-bond acceptors (Lipinski definition) is 3. The highest BCUT2D eigenvalue weighted by atomic mass is 32.1.